The van der Waals surface area contributed by atoms with Gasteiger partial charge < -0.3 is 4.74 Å². The standard InChI is InChI=1S/C13H8ClN3O3S/c1-20-8-5-11(21-6-8)13-15-10-3-2-7(17(18)19)4-9(10)12(14)16-13/h2-6H,1H3. The Hall–Kier alpha value is -2.25. The molecule has 21 heavy (non-hydrogen) atoms. The minimum Gasteiger partial charge on any atom is -0.496 e. The number of rotatable bonds is 3. The first-order chi connectivity index (χ1) is 10.1. The lowest BCUT2D eigenvalue weighted by Gasteiger charge is -2.02. The van der Waals surface area contributed by atoms with E-state index < -0.39 is 4.92 Å². The van der Waals surface area contributed by atoms with Crippen molar-refractivity contribution in [2.75, 3.05) is 7.11 Å². The number of fused-ring (bicyclic) bond motifs is 1. The molecule has 8 heteroatoms. The predicted molar refractivity (Wildman–Crippen MR) is 81.1 cm³/mol. The molecule has 0 aliphatic heterocycles. The number of ether oxygens (including phenoxy) is 1. The van der Waals surface area contributed by atoms with E-state index in [2.05, 4.69) is 9.97 Å². The van der Waals surface area contributed by atoms with E-state index in [9.17, 15) is 10.1 Å². The molecule has 0 radical (unpaired) electrons. The molecule has 0 amide bonds. The molecule has 3 aromatic rings. The van der Waals surface area contributed by atoms with Gasteiger partial charge >= 0.3 is 0 Å². The Balaban J connectivity index is 2.15. The molecule has 0 atom stereocenters. The Morgan fingerprint density at radius 2 is 2.14 bits per heavy atom. The lowest BCUT2D eigenvalue weighted by molar-refractivity contribution is -0.384. The van der Waals surface area contributed by atoms with Gasteiger partial charge in [-0.05, 0) is 6.07 Å². The highest BCUT2D eigenvalue weighted by atomic mass is 35.5. The summed E-state index contributed by atoms with van der Waals surface area (Å²) in [5.74, 6) is 1.19. The van der Waals surface area contributed by atoms with Crippen LogP contribution in [0, 0.1) is 10.1 Å². The first kappa shape index (κ1) is 13.7. The maximum absolute atomic E-state index is 10.8. The molecule has 2 heterocycles. The zero-order chi connectivity index (χ0) is 15.0. The van der Waals surface area contributed by atoms with Crippen LogP contribution in [-0.2, 0) is 0 Å². The molecule has 3 rings (SSSR count). The van der Waals surface area contributed by atoms with Crippen LogP contribution in [0.5, 0.6) is 5.75 Å². The average Bonchev–Trinajstić information content (AvgIpc) is 2.95. The van der Waals surface area contributed by atoms with Crippen LogP contribution in [0.25, 0.3) is 21.6 Å². The van der Waals surface area contributed by atoms with E-state index >= 15 is 0 Å². The van der Waals surface area contributed by atoms with Gasteiger partial charge in [0.25, 0.3) is 5.69 Å². The molecule has 0 aliphatic carbocycles. The van der Waals surface area contributed by atoms with Gasteiger partial charge in [0.1, 0.15) is 10.9 Å². The molecule has 106 valence electrons. The summed E-state index contributed by atoms with van der Waals surface area (Å²) in [6.07, 6.45) is 0. The number of thiophene rings is 1. The second kappa shape index (κ2) is 5.27. The summed E-state index contributed by atoms with van der Waals surface area (Å²) < 4.78 is 5.12. The molecule has 0 saturated heterocycles. The molecule has 0 aliphatic rings. The lowest BCUT2D eigenvalue weighted by Crippen LogP contribution is -1.93. The zero-order valence-electron chi connectivity index (χ0n) is 10.7. The fourth-order valence-corrected chi connectivity index (χ4v) is 2.87. The van der Waals surface area contributed by atoms with Gasteiger partial charge in [-0.2, -0.15) is 0 Å². The van der Waals surface area contributed by atoms with E-state index in [0.29, 0.717) is 16.7 Å². The van der Waals surface area contributed by atoms with Crippen LogP contribution in [0.4, 0.5) is 5.69 Å². The topological polar surface area (TPSA) is 78.2 Å². The molecule has 0 unspecified atom stereocenters. The average molecular weight is 322 g/mol. The fraction of sp³-hybridized carbons (Fsp3) is 0.0769. The van der Waals surface area contributed by atoms with E-state index in [0.717, 1.165) is 10.6 Å². The molecule has 6 nitrogen and oxygen atoms in total. The molecule has 0 spiro atoms. The molecule has 0 fully saturated rings. The van der Waals surface area contributed by atoms with Gasteiger partial charge in [-0.3, -0.25) is 10.1 Å². The van der Waals surface area contributed by atoms with Gasteiger partial charge in [-0.25, -0.2) is 9.97 Å². The van der Waals surface area contributed by atoms with Gasteiger partial charge in [-0.15, -0.1) is 11.3 Å². The molecule has 0 saturated carbocycles. The number of halogens is 1. The highest BCUT2D eigenvalue weighted by Gasteiger charge is 2.13. The zero-order valence-corrected chi connectivity index (χ0v) is 12.3. The summed E-state index contributed by atoms with van der Waals surface area (Å²) in [6, 6.07) is 6.14. The smallest absolute Gasteiger partial charge is 0.270 e. The first-order valence-electron chi connectivity index (χ1n) is 5.83. The predicted octanol–water partition coefficient (Wildman–Crippen LogP) is 3.93. The normalized spacial score (nSPS) is 10.8. The van der Waals surface area contributed by atoms with E-state index in [1.807, 2.05) is 11.4 Å². The minimum atomic E-state index is -0.478. The van der Waals surface area contributed by atoms with Crippen molar-refractivity contribution >= 4 is 39.5 Å². The van der Waals surface area contributed by atoms with Crippen molar-refractivity contribution in [3.8, 4) is 16.5 Å². The number of hydrogen-bond donors (Lipinski definition) is 0. The van der Waals surface area contributed by atoms with Crippen molar-refractivity contribution in [2.45, 2.75) is 0 Å². The van der Waals surface area contributed by atoms with Crippen LogP contribution in [-0.4, -0.2) is 22.0 Å². The van der Waals surface area contributed by atoms with Crippen LogP contribution in [0.2, 0.25) is 5.15 Å². The second-order valence-electron chi connectivity index (χ2n) is 4.15. The second-order valence-corrected chi connectivity index (χ2v) is 5.42. The maximum Gasteiger partial charge on any atom is 0.270 e. The molecule has 2 aromatic heterocycles. The van der Waals surface area contributed by atoms with Gasteiger partial charge in [0.05, 0.1) is 22.4 Å². The highest BCUT2D eigenvalue weighted by molar-refractivity contribution is 7.13. The summed E-state index contributed by atoms with van der Waals surface area (Å²) in [5.41, 5.74) is 0.515. The van der Waals surface area contributed by atoms with Gasteiger partial charge in [0.2, 0.25) is 0 Å². The van der Waals surface area contributed by atoms with Crippen LogP contribution in [0.1, 0.15) is 0 Å². The number of benzene rings is 1. The van der Waals surface area contributed by atoms with Gasteiger partial charge in [0, 0.05) is 29.0 Å². The van der Waals surface area contributed by atoms with Crippen LogP contribution in [0.15, 0.2) is 29.6 Å². The van der Waals surface area contributed by atoms with Crippen molar-refractivity contribution in [1.29, 1.82) is 0 Å². The van der Waals surface area contributed by atoms with Crippen molar-refractivity contribution in [1.82, 2.24) is 9.97 Å². The van der Waals surface area contributed by atoms with Crippen molar-refractivity contribution in [3.05, 3.63) is 44.9 Å². The third kappa shape index (κ3) is 2.53. The molecule has 1 aromatic carbocycles. The highest BCUT2D eigenvalue weighted by Crippen LogP contribution is 2.32. The number of methoxy groups -OCH3 is 1. The van der Waals surface area contributed by atoms with Crippen LogP contribution < -0.4 is 4.74 Å². The molecular weight excluding hydrogens is 314 g/mol. The fourth-order valence-electron chi connectivity index (χ4n) is 1.85. The Morgan fingerprint density at radius 1 is 1.33 bits per heavy atom. The number of nitrogens with zero attached hydrogens (tertiary/aromatic N) is 3. The maximum atomic E-state index is 10.8. The number of non-ortho nitro benzene ring substituents is 1. The van der Waals surface area contributed by atoms with E-state index in [1.54, 1.807) is 13.2 Å². The van der Waals surface area contributed by atoms with Crippen molar-refractivity contribution in [3.63, 3.8) is 0 Å². The SMILES string of the molecule is COc1csc(-c2nc(Cl)c3cc([N+](=O)[O-])ccc3n2)c1. The Kier molecular flexibility index (Phi) is 3.44. The van der Waals surface area contributed by atoms with Crippen LogP contribution in [0.3, 0.4) is 0 Å². The molecule has 0 bridgehead atoms. The van der Waals surface area contributed by atoms with E-state index in [4.69, 9.17) is 16.3 Å². The van der Waals surface area contributed by atoms with E-state index in [1.165, 1.54) is 23.5 Å². The third-order valence-corrected chi connectivity index (χ3v) is 4.07. The van der Waals surface area contributed by atoms with Gasteiger partial charge in [-0.1, -0.05) is 11.6 Å². The van der Waals surface area contributed by atoms with Gasteiger partial charge in [0.15, 0.2) is 5.82 Å². The number of nitro groups is 1. The monoisotopic (exact) mass is 321 g/mol. The Morgan fingerprint density at radius 3 is 2.81 bits per heavy atom. The largest absolute Gasteiger partial charge is 0.496 e. The summed E-state index contributed by atoms with van der Waals surface area (Å²) in [7, 11) is 1.58. The van der Waals surface area contributed by atoms with E-state index in [-0.39, 0.29) is 10.8 Å². The molecule has 0 N–H and O–H groups in total. The summed E-state index contributed by atoms with van der Waals surface area (Å²) >= 11 is 7.56. The van der Waals surface area contributed by atoms with Crippen molar-refractivity contribution in [2.24, 2.45) is 0 Å². The van der Waals surface area contributed by atoms with Crippen LogP contribution >= 0.6 is 22.9 Å². The third-order valence-electron chi connectivity index (χ3n) is 2.88. The quantitative estimate of drug-likeness (QED) is 0.415. The Labute approximate surface area is 128 Å². The number of hydrogen-bond acceptors (Lipinski definition) is 6. The minimum absolute atomic E-state index is 0.0430. The molecular formula is C13H8ClN3O3S. The Bertz CT molecular complexity index is 850. The van der Waals surface area contributed by atoms with Crippen molar-refractivity contribution < 1.29 is 9.66 Å². The summed E-state index contributed by atoms with van der Waals surface area (Å²) in [5, 5.41) is 13.3. The first-order valence-corrected chi connectivity index (χ1v) is 7.09. The number of aromatic nitrogens is 2. The lowest BCUT2D eigenvalue weighted by atomic mass is 10.2. The number of nitro benzene ring substituents is 1. The summed E-state index contributed by atoms with van der Waals surface area (Å²) in [6.45, 7) is 0. The summed E-state index contributed by atoms with van der Waals surface area (Å²) in [4.78, 5) is 19.7.